The Hall–Kier alpha value is -5.57. The zero-order valence-electron chi connectivity index (χ0n) is 58.5. The molecule has 0 amide bonds. The highest BCUT2D eigenvalue weighted by molar-refractivity contribution is 14.1. The number of benzene rings is 5. The number of halogens is 5. The molecule has 4 unspecified atom stereocenters. The van der Waals surface area contributed by atoms with Crippen molar-refractivity contribution in [2.75, 3.05) is 24.7 Å². The maximum atomic E-state index is 13.3. The molecule has 4 atom stereocenters. The monoisotopic (exact) mass is 1620 g/mol. The van der Waals surface area contributed by atoms with E-state index in [2.05, 4.69) is 150 Å². The van der Waals surface area contributed by atoms with Gasteiger partial charge in [-0.15, -0.1) is 0 Å². The number of phenolic OH excluding ortho intramolecular Hbond substituents is 1. The molecule has 0 radical (unpaired) electrons. The highest BCUT2D eigenvalue weighted by Crippen LogP contribution is 2.64. The Kier molecular flexibility index (Phi) is 28.6. The molecule has 0 aliphatic heterocycles. The summed E-state index contributed by atoms with van der Waals surface area (Å²) in [4.78, 5) is 62.8. The first-order valence-electron chi connectivity index (χ1n) is 33.8. The van der Waals surface area contributed by atoms with Gasteiger partial charge in [-0.1, -0.05) is 95.6 Å². The third-order valence-corrected chi connectivity index (χ3v) is 24.3. The molecule has 1 aromatic heterocycles. The van der Waals surface area contributed by atoms with E-state index in [-0.39, 0.29) is 64.9 Å². The van der Waals surface area contributed by atoms with Gasteiger partial charge in [0.1, 0.15) is 30.2 Å². The predicted octanol–water partition coefficient (Wildman–Crippen LogP) is 19.3. The van der Waals surface area contributed by atoms with Crippen molar-refractivity contribution in [2.24, 2.45) is 33.5 Å². The molecule has 5 fully saturated rings. The molecule has 0 spiro atoms. The van der Waals surface area contributed by atoms with Gasteiger partial charge in [-0.05, 0) is 261 Å². The number of anilines is 1. The fourth-order valence-electron chi connectivity index (χ4n) is 12.7. The van der Waals surface area contributed by atoms with Crippen LogP contribution in [0.4, 0.5) is 18.9 Å². The maximum absolute atomic E-state index is 13.3. The van der Waals surface area contributed by atoms with Crippen molar-refractivity contribution in [3.8, 4) is 10.6 Å². The predicted molar refractivity (Wildman–Crippen MR) is 396 cm³/mol. The van der Waals surface area contributed by atoms with Crippen LogP contribution in [-0.2, 0) is 53.0 Å². The van der Waals surface area contributed by atoms with E-state index in [9.17, 15) is 50.1 Å². The van der Waals surface area contributed by atoms with Crippen LogP contribution in [0.5, 0.6) is 5.75 Å². The number of thiophene rings is 1. The first-order valence-corrected chi connectivity index (χ1v) is 38.8. The summed E-state index contributed by atoms with van der Waals surface area (Å²) in [5.74, 6) is -3.35. The number of aromatic hydroxyl groups is 1. The molecule has 6 aromatic rings. The van der Waals surface area contributed by atoms with Crippen molar-refractivity contribution < 1.29 is 78.9 Å². The molecule has 5 saturated carbocycles. The van der Waals surface area contributed by atoms with Crippen molar-refractivity contribution in [1.29, 1.82) is 0 Å². The van der Waals surface area contributed by atoms with Crippen molar-refractivity contribution in [3.63, 3.8) is 0 Å². The number of phenols is 1. The summed E-state index contributed by atoms with van der Waals surface area (Å²) in [6.07, 6.45) is 3.24. The molecule has 11 rings (SSSR count). The molecule has 0 saturated heterocycles. The highest BCUT2D eigenvalue weighted by Gasteiger charge is 2.64. The quantitative estimate of drug-likeness (QED) is 0.0146. The Morgan fingerprint density at radius 1 is 0.684 bits per heavy atom. The fourth-order valence-corrected chi connectivity index (χ4v) is 17.6. The molecule has 3 N–H and O–H groups in total. The molecular weight excluding hydrogens is 1530 g/mol. The Labute approximate surface area is 607 Å². The number of carbonyl (C=O) groups excluding carboxylic acids is 5. The number of nitrogens with two attached hydrogens (primary N) is 1. The van der Waals surface area contributed by atoms with E-state index in [4.69, 9.17) is 29.8 Å². The molecule has 4 bridgehead atoms. The summed E-state index contributed by atoms with van der Waals surface area (Å²) < 4.78 is 104. The molecule has 15 nitrogen and oxygen atoms in total. The van der Waals surface area contributed by atoms with Gasteiger partial charge in [0.25, 0.3) is 0 Å². The second-order valence-corrected chi connectivity index (χ2v) is 34.5. The van der Waals surface area contributed by atoms with Gasteiger partial charge in [0.05, 0.1) is 48.8 Å². The van der Waals surface area contributed by atoms with Crippen LogP contribution in [-0.4, -0.2) is 90.4 Å². The van der Waals surface area contributed by atoms with E-state index in [0.717, 1.165) is 39.2 Å². The van der Waals surface area contributed by atoms with Crippen LogP contribution >= 0.6 is 55.7 Å². The number of alkyl halides is 3. The van der Waals surface area contributed by atoms with Crippen molar-refractivity contribution in [3.05, 3.63) is 134 Å². The first kappa shape index (κ1) is 81.4. The van der Waals surface area contributed by atoms with Gasteiger partial charge < -0.3 is 39.1 Å². The second-order valence-electron chi connectivity index (χ2n) is 28.7. The van der Waals surface area contributed by atoms with E-state index < -0.39 is 67.9 Å². The number of hydrogen-bond donors (Lipinski definition) is 2. The van der Waals surface area contributed by atoms with E-state index in [0.29, 0.717) is 61.4 Å². The summed E-state index contributed by atoms with van der Waals surface area (Å²) in [6, 6.07) is 39.4. The number of nitrogen functional groups attached to an aromatic ring is 1. The summed E-state index contributed by atoms with van der Waals surface area (Å²) in [5.41, 5.74) is 3.90. The average Bonchev–Trinajstić information content (AvgIpc) is 1.01. The minimum Gasteiger partial charge on any atom is -0.748 e. The van der Waals surface area contributed by atoms with Gasteiger partial charge in [-0.2, -0.15) is 13.2 Å². The van der Waals surface area contributed by atoms with Crippen LogP contribution in [0.15, 0.2) is 115 Å². The largest absolute Gasteiger partial charge is 0.748 e. The Balaban J connectivity index is 0.000000201. The zero-order valence-corrected chi connectivity index (χ0v) is 64.5. The van der Waals surface area contributed by atoms with Gasteiger partial charge in [-0.25, -0.2) is 13.2 Å². The minimum absolute atomic E-state index is 0.00100. The number of esters is 5. The Bertz CT molecular complexity index is 3740. The van der Waals surface area contributed by atoms with Gasteiger partial charge in [-0.3, -0.25) is 19.2 Å². The van der Waals surface area contributed by atoms with Crippen LogP contribution < -0.4 is 5.73 Å². The number of carbonyl (C=O) groups is 5. The van der Waals surface area contributed by atoms with Crippen molar-refractivity contribution in [2.45, 2.75) is 209 Å². The summed E-state index contributed by atoms with van der Waals surface area (Å²) in [6.45, 7) is 23.3. The molecule has 22 heteroatoms. The van der Waals surface area contributed by atoms with E-state index in [1.807, 2.05) is 66.7 Å². The van der Waals surface area contributed by atoms with Crippen LogP contribution in [0, 0.1) is 40.6 Å². The van der Waals surface area contributed by atoms with Crippen LogP contribution in [0.25, 0.3) is 25.1 Å². The SMILES string of the molecule is CCC(C)(C)C(=O)OC1(C)CCCCC1.CCC(C)(C)C(=O)OC12CC3CC(C1)CC(C(=O)OC(CS(=O)(=O)[O-])C(F)(F)F)(C3)C2.CCC(C)(C)C(=O)OCCOC(=O)c1cc(I)cc(I)c1N.CCC(C)c1ccc(O)cc1.c1ccc(-[s+]2c3ccccc3c3ccccc32)cc1. The smallest absolute Gasteiger partial charge is 0.426 e. The molecule has 5 aromatic carbocycles. The number of ether oxygens (including phenoxy) is 5. The van der Waals surface area contributed by atoms with E-state index in [1.54, 1.807) is 32.0 Å². The zero-order chi connectivity index (χ0) is 72.8. The molecule has 5 aliphatic rings. The molecular formula is C76H98F3I2NO14S2. The lowest BCUT2D eigenvalue weighted by Gasteiger charge is -2.60. The third kappa shape index (κ3) is 22.0. The van der Waals surface area contributed by atoms with Gasteiger partial charge in [0.15, 0.2) is 14.3 Å². The van der Waals surface area contributed by atoms with E-state index in [1.165, 1.54) is 49.9 Å². The van der Waals surface area contributed by atoms with Crippen LogP contribution in [0.3, 0.4) is 0 Å². The normalized spacial score (nSPS) is 20.0. The van der Waals surface area contributed by atoms with Crippen LogP contribution in [0.1, 0.15) is 201 Å². The first-order chi connectivity index (χ1) is 45.8. The van der Waals surface area contributed by atoms with Gasteiger partial charge in [0, 0.05) is 34.8 Å². The average molecular weight is 1620 g/mol. The standard InChI is InChI=1S/C20H29F3O7S.C18H13S.C15H19I2NO4.C13H24O2.C10H14O/c1-4-17(2,3)15(24)30-19-8-12-5-13(9-19)7-18(6-12,11-19)16(25)29-14(20(21,22)23)10-31(26,27)28;1-2-8-14(9-3-1)19-17-12-6-4-10-15(17)16-11-5-7-13-18(16)19;1-4-15(2,3)14(20)22-6-5-21-13(19)10-7-9(16)8-11(17)12(10)18;1-5-12(2,3)11(14)15-13(4)9-7-6-8-10-13;1-3-8(2)9-4-6-10(11)7-5-9/h12-14H,4-11H2,1-3H3,(H,26,27,28);1-13H;7-8H,4-6,18H2,1-3H3;5-10H2,1-4H3;4-8,11H,3H2,1-2H3/q;+1;;;/p-1. The number of rotatable bonds is 19. The van der Waals surface area contributed by atoms with Crippen molar-refractivity contribution in [1.82, 2.24) is 0 Å². The fraction of sp³-hybridized carbons (Fsp3) is 0.539. The summed E-state index contributed by atoms with van der Waals surface area (Å²) in [5, 5.41) is 11.8. The lowest BCUT2D eigenvalue weighted by molar-refractivity contribution is -0.239. The Morgan fingerprint density at radius 2 is 1.17 bits per heavy atom. The van der Waals surface area contributed by atoms with E-state index >= 15 is 0 Å². The maximum Gasteiger partial charge on any atom is 0.426 e. The highest BCUT2D eigenvalue weighted by atomic mass is 127. The number of hydrogen-bond acceptors (Lipinski definition) is 15. The van der Waals surface area contributed by atoms with Crippen LogP contribution in [0.2, 0.25) is 0 Å². The molecule has 538 valence electrons. The molecule has 1 heterocycles. The minimum atomic E-state index is -5.27. The second kappa shape index (κ2) is 34.4. The third-order valence-electron chi connectivity index (χ3n) is 19.7. The number of fused-ring (bicyclic) bond motifs is 3. The lowest BCUT2D eigenvalue weighted by Crippen LogP contribution is -2.61. The van der Waals surface area contributed by atoms with Crippen molar-refractivity contribution >= 4 is 121 Å². The Morgan fingerprint density at radius 3 is 1.67 bits per heavy atom. The van der Waals surface area contributed by atoms with Gasteiger partial charge >= 0.3 is 36.0 Å². The van der Waals surface area contributed by atoms with Gasteiger partial charge in [0.2, 0.25) is 6.10 Å². The molecule has 98 heavy (non-hydrogen) atoms. The lowest BCUT2D eigenvalue weighted by atomic mass is 9.48. The topological polar surface area (TPSA) is 235 Å². The summed E-state index contributed by atoms with van der Waals surface area (Å²) in [7, 11) is -5.21. The summed E-state index contributed by atoms with van der Waals surface area (Å²) >= 11 is 4.18. The molecule has 5 aliphatic carbocycles.